The molecule has 0 radical (unpaired) electrons. The van der Waals surface area contributed by atoms with Crippen LogP contribution in [0.5, 0.6) is 0 Å². The zero-order chi connectivity index (χ0) is 10.6. The molecule has 0 bridgehead atoms. The van der Waals surface area contributed by atoms with E-state index in [1.165, 1.54) is 0 Å². The van der Waals surface area contributed by atoms with Gasteiger partial charge in [-0.25, -0.2) is 0 Å². The molecule has 1 fully saturated rings. The summed E-state index contributed by atoms with van der Waals surface area (Å²) < 4.78 is 0. The van der Waals surface area contributed by atoms with Crippen molar-refractivity contribution in [3.8, 4) is 6.07 Å². The minimum atomic E-state index is -0.570. The summed E-state index contributed by atoms with van der Waals surface area (Å²) in [5.74, 6) is 0.677. The molecule has 1 aliphatic rings. The third-order valence-electron chi connectivity index (χ3n) is 3.04. The van der Waals surface area contributed by atoms with Gasteiger partial charge in [0.25, 0.3) is 0 Å². The molecule has 3 nitrogen and oxygen atoms in total. The quantitative estimate of drug-likeness (QED) is 0.730. The second-order valence-corrected chi connectivity index (χ2v) is 4.28. The number of hydrogen-bond acceptors (Lipinski definition) is 2. The standard InChI is InChI=1S/C11H18N2O/c1-3-10(14)13-11(8-12)6-4-9(2)5-7-11/h9H,3-7H2,1-2H3,(H,13,14). The molecule has 0 heterocycles. The van der Waals surface area contributed by atoms with Gasteiger partial charge in [0.1, 0.15) is 5.54 Å². The molecule has 0 atom stereocenters. The number of nitriles is 1. The molecule has 0 aromatic heterocycles. The van der Waals surface area contributed by atoms with E-state index in [1.807, 2.05) is 6.92 Å². The first kappa shape index (κ1) is 11.0. The van der Waals surface area contributed by atoms with E-state index in [-0.39, 0.29) is 5.91 Å². The van der Waals surface area contributed by atoms with Gasteiger partial charge < -0.3 is 5.32 Å². The molecule has 0 aliphatic heterocycles. The minimum absolute atomic E-state index is 0.0129. The summed E-state index contributed by atoms with van der Waals surface area (Å²) in [4.78, 5) is 11.3. The van der Waals surface area contributed by atoms with E-state index in [0.29, 0.717) is 12.3 Å². The van der Waals surface area contributed by atoms with Crippen LogP contribution in [0, 0.1) is 17.2 Å². The molecule has 0 spiro atoms. The van der Waals surface area contributed by atoms with E-state index in [1.54, 1.807) is 0 Å². The smallest absolute Gasteiger partial charge is 0.220 e. The molecule has 0 aromatic rings. The van der Waals surface area contributed by atoms with Crippen LogP contribution in [0.25, 0.3) is 0 Å². The molecular weight excluding hydrogens is 176 g/mol. The Hall–Kier alpha value is -1.04. The van der Waals surface area contributed by atoms with Crippen LogP contribution in [0.15, 0.2) is 0 Å². The van der Waals surface area contributed by atoms with Crippen molar-refractivity contribution < 1.29 is 4.79 Å². The molecule has 0 unspecified atom stereocenters. The lowest BCUT2D eigenvalue weighted by molar-refractivity contribution is -0.122. The fourth-order valence-corrected chi connectivity index (χ4v) is 1.87. The Balaban J connectivity index is 2.60. The third-order valence-corrected chi connectivity index (χ3v) is 3.04. The van der Waals surface area contributed by atoms with Crippen LogP contribution in [0.3, 0.4) is 0 Å². The third kappa shape index (κ3) is 2.47. The number of hydrogen-bond donors (Lipinski definition) is 1. The fourth-order valence-electron chi connectivity index (χ4n) is 1.87. The lowest BCUT2D eigenvalue weighted by Crippen LogP contribution is -2.49. The molecule has 14 heavy (non-hydrogen) atoms. The summed E-state index contributed by atoms with van der Waals surface area (Å²) in [6, 6.07) is 2.27. The maximum atomic E-state index is 11.3. The molecule has 0 saturated heterocycles. The summed E-state index contributed by atoms with van der Waals surface area (Å²) >= 11 is 0. The highest BCUT2D eigenvalue weighted by atomic mass is 16.1. The number of carbonyl (C=O) groups excluding carboxylic acids is 1. The SMILES string of the molecule is CCC(=O)NC1(C#N)CCC(C)CC1. The highest BCUT2D eigenvalue weighted by Crippen LogP contribution is 2.31. The molecular formula is C11H18N2O. The van der Waals surface area contributed by atoms with Gasteiger partial charge in [-0.1, -0.05) is 13.8 Å². The maximum Gasteiger partial charge on any atom is 0.220 e. The maximum absolute atomic E-state index is 11.3. The van der Waals surface area contributed by atoms with Crippen LogP contribution in [0.2, 0.25) is 0 Å². The fraction of sp³-hybridized carbons (Fsp3) is 0.818. The summed E-state index contributed by atoms with van der Waals surface area (Å²) in [7, 11) is 0. The number of nitrogens with zero attached hydrogens (tertiary/aromatic N) is 1. The van der Waals surface area contributed by atoms with E-state index in [9.17, 15) is 4.79 Å². The summed E-state index contributed by atoms with van der Waals surface area (Å²) in [6.07, 6.45) is 4.14. The van der Waals surface area contributed by atoms with Gasteiger partial charge in [0.2, 0.25) is 5.91 Å². The average Bonchev–Trinajstić information content (AvgIpc) is 2.22. The highest BCUT2D eigenvalue weighted by Gasteiger charge is 2.35. The van der Waals surface area contributed by atoms with Gasteiger partial charge in [0.15, 0.2) is 0 Å². The largest absolute Gasteiger partial charge is 0.338 e. The molecule has 1 amide bonds. The summed E-state index contributed by atoms with van der Waals surface area (Å²) in [5, 5.41) is 12.0. The van der Waals surface area contributed by atoms with Gasteiger partial charge in [-0.15, -0.1) is 0 Å². The molecule has 1 saturated carbocycles. The predicted molar refractivity (Wildman–Crippen MR) is 54.4 cm³/mol. The van der Waals surface area contributed by atoms with E-state index >= 15 is 0 Å². The predicted octanol–water partition coefficient (Wildman–Crippen LogP) is 1.99. The Morgan fingerprint density at radius 2 is 2.14 bits per heavy atom. The Morgan fingerprint density at radius 1 is 1.57 bits per heavy atom. The van der Waals surface area contributed by atoms with Crippen LogP contribution < -0.4 is 5.32 Å². The van der Waals surface area contributed by atoms with Crippen molar-refractivity contribution in [3.05, 3.63) is 0 Å². The first-order valence-electron chi connectivity index (χ1n) is 5.34. The lowest BCUT2D eigenvalue weighted by atomic mass is 9.78. The van der Waals surface area contributed by atoms with Crippen molar-refractivity contribution >= 4 is 5.91 Å². The van der Waals surface area contributed by atoms with Gasteiger partial charge in [0, 0.05) is 6.42 Å². The first-order valence-corrected chi connectivity index (χ1v) is 5.34. The Bertz CT molecular complexity index is 247. The zero-order valence-electron chi connectivity index (χ0n) is 8.97. The molecule has 1 aliphatic carbocycles. The Kier molecular flexibility index (Phi) is 3.51. The number of nitrogens with one attached hydrogen (secondary N) is 1. The van der Waals surface area contributed by atoms with Crippen molar-refractivity contribution in [3.63, 3.8) is 0 Å². The topological polar surface area (TPSA) is 52.9 Å². The van der Waals surface area contributed by atoms with Crippen LogP contribution in [0.1, 0.15) is 46.0 Å². The van der Waals surface area contributed by atoms with Crippen LogP contribution in [0.4, 0.5) is 0 Å². The van der Waals surface area contributed by atoms with Crippen LogP contribution >= 0.6 is 0 Å². The number of rotatable bonds is 2. The van der Waals surface area contributed by atoms with Crippen LogP contribution in [-0.4, -0.2) is 11.4 Å². The molecule has 78 valence electrons. The van der Waals surface area contributed by atoms with E-state index in [2.05, 4.69) is 18.3 Å². The Labute approximate surface area is 85.5 Å². The monoisotopic (exact) mass is 194 g/mol. The average molecular weight is 194 g/mol. The first-order chi connectivity index (χ1) is 6.62. The second-order valence-electron chi connectivity index (χ2n) is 4.28. The number of carbonyl (C=O) groups is 1. The number of amides is 1. The minimum Gasteiger partial charge on any atom is -0.338 e. The van der Waals surface area contributed by atoms with Crippen molar-refractivity contribution in [1.82, 2.24) is 5.32 Å². The van der Waals surface area contributed by atoms with Gasteiger partial charge in [0.05, 0.1) is 6.07 Å². The van der Waals surface area contributed by atoms with E-state index in [0.717, 1.165) is 25.7 Å². The molecule has 0 aromatic carbocycles. The van der Waals surface area contributed by atoms with Gasteiger partial charge in [-0.05, 0) is 31.6 Å². The van der Waals surface area contributed by atoms with Crippen molar-refractivity contribution in [2.45, 2.75) is 51.5 Å². The zero-order valence-corrected chi connectivity index (χ0v) is 8.97. The van der Waals surface area contributed by atoms with Gasteiger partial charge >= 0.3 is 0 Å². The Morgan fingerprint density at radius 3 is 2.57 bits per heavy atom. The highest BCUT2D eigenvalue weighted by molar-refractivity contribution is 5.76. The van der Waals surface area contributed by atoms with Crippen molar-refractivity contribution in [2.24, 2.45) is 5.92 Å². The van der Waals surface area contributed by atoms with Gasteiger partial charge in [-0.2, -0.15) is 5.26 Å². The molecule has 1 rings (SSSR count). The molecule has 1 N–H and O–H groups in total. The summed E-state index contributed by atoms with van der Waals surface area (Å²) in [5.41, 5.74) is -0.570. The lowest BCUT2D eigenvalue weighted by Gasteiger charge is -2.34. The van der Waals surface area contributed by atoms with E-state index < -0.39 is 5.54 Å². The second kappa shape index (κ2) is 4.45. The van der Waals surface area contributed by atoms with Gasteiger partial charge in [-0.3, -0.25) is 4.79 Å². The summed E-state index contributed by atoms with van der Waals surface area (Å²) in [6.45, 7) is 4.01. The van der Waals surface area contributed by atoms with Crippen molar-refractivity contribution in [1.29, 1.82) is 5.26 Å². The molecule has 3 heteroatoms. The normalized spacial score (nSPS) is 31.9. The van der Waals surface area contributed by atoms with Crippen molar-refractivity contribution in [2.75, 3.05) is 0 Å². The van der Waals surface area contributed by atoms with E-state index in [4.69, 9.17) is 5.26 Å². The van der Waals surface area contributed by atoms with Crippen LogP contribution in [-0.2, 0) is 4.79 Å².